The standard InChI is InChI=1S/C16H23N3O3S/c1-16(2,3)23-12-15(20)18-10-8-17(9-11-18)13-6-4-5-7-14(13)19(21)22/h4-7H,8-12H2,1-3H3. The van der Waals surface area contributed by atoms with Gasteiger partial charge in [0.1, 0.15) is 5.69 Å². The molecule has 1 heterocycles. The maximum absolute atomic E-state index is 12.2. The molecule has 7 heteroatoms. The van der Waals surface area contributed by atoms with E-state index in [-0.39, 0.29) is 21.3 Å². The first-order chi connectivity index (χ1) is 10.8. The quantitative estimate of drug-likeness (QED) is 0.624. The summed E-state index contributed by atoms with van der Waals surface area (Å²) >= 11 is 1.64. The van der Waals surface area contributed by atoms with Crippen molar-refractivity contribution in [2.24, 2.45) is 0 Å². The molecule has 1 aliphatic heterocycles. The first kappa shape index (κ1) is 17.6. The predicted octanol–water partition coefficient (Wildman–Crippen LogP) is 2.78. The number of carbonyl (C=O) groups excluding carboxylic acids is 1. The lowest BCUT2D eigenvalue weighted by atomic mass is 10.2. The van der Waals surface area contributed by atoms with Gasteiger partial charge >= 0.3 is 0 Å². The number of para-hydroxylation sites is 2. The molecule has 23 heavy (non-hydrogen) atoms. The van der Waals surface area contributed by atoms with Crippen LogP contribution in [0, 0.1) is 10.1 Å². The molecule has 0 saturated carbocycles. The van der Waals surface area contributed by atoms with Gasteiger partial charge in [-0.15, -0.1) is 11.8 Å². The lowest BCUT2D eigenvalue weighted by Crippen LogP contribution is -2.49. The second kappa shape index (κ2) is 7.21. The third kappa shape index (κ3) is 4.86. The first-order valence-electron chi connectivity index (χ1n) is 7.68. The number of rotatable bonds is 4. The number of benzene rings is 1. The van der Waals surface area contributed by atoms with Gasteiger partial charge in [-0.2, -0.15) is 0 Å². The van der Waals surface area contributed by atoms with E-state index < -0.39 is 0 Å². The lowest BCUT2D eigenvalue weighted by Gasteiger charge is -2.36. The Balaban J connectivity index is 1.94. The molecule has 0 unspecified atom stereocenters. The molecule has 1 amide bonds. The summed E-state index contributed by atoms with van der Waals surface area (Å²) in [4.78, 5) is 26.9. The Labute approximate surface area is 141 Å². The number of amides is 1. The zero-order valence-corrected chi connectivity index (χ0v) is 14.6. The molecular formula is C16H23N3O3S. The van der Waals surface area contributed by atoms with E-state index in [1.165, 1.54) is 6.07 Å². The molecule has 1 aromatic carbocycles. The van der Waals surface area contributed by atoms with Gasteiger partial charge in [0.2, 0.25) is 5.91 Å². The van der Waals surface area contributed by atoms with Gasteiger partial charge < -0.3 is 9.80 Å². The van der Waals surface area contributed by atoms with Crippen LogP contribution in [0.2, 0.25) is 0 Å². The number of nitrogens with zero attached hydrogens (tertiary/aromatic N) is 3. The van der Waals surface area contributed by atoms with Crippen molar-refractivity contribution in [3.63, 3.8) is 0 Å². The maximum Gasteiger partial charge on any atom is 0.292 e. The monoisotopic (exact) mass is 337 g/mol. The summed E-state index contributed by atoms with van der Waals surface area (Å²) in [7, 11) is 0. The van der Waals surface area contributed by atoms with E-state index in [2.05, 4.69) is 20.8 Å². The SMILES string of the molecule is CC(C)(C)SCC(=O)N1CCN(c2ccccc2[N+](=O)[O-])CC1. The molecule has 1 saturated heterocycles. The number of hydrogen-bond donors (Lipinski definition) is 0. The highest BCUT2D eigenvalue weighted by Crippen LogP contribution is 2.28. The van der Waals surface area contributed by atoms with E-state index in [4.69, 9.17) is 0 Å². The minimum Gasteiger partial charge on any atom is -0.362 e. The van der Waals surface area contributed by atoms with Gasteiger partial charge in [-0.05, 0) is 6.07 Å². The molecule has 0 atom stereocenters. The van der Waals surface area contributed by atoms with Crippen molar-refractivity contribution in [1.29, 1.82) is 0 Å². The highest BCUT2D eigenvalue weighted by atomic mass is 32.2. The molecule has 2 rings (SSSR count). The van der Waals surface area contributed by atoms with Crippen LogP contribution in [-0.2, 0) is 4.79 Å². The molecule has 1 aromatic rings. The van der Waals surface area contributed by atoms with Crippen molar-refractivity contribution >= 4 is 29.0 Å². The molecule has 0 spiro atoms. The van der Waals surface area contributed by atoms with E-state index >= 15 is 0 Å². The Hall–Kier alpha value is -1.76. The molecular weight excluding hydrogens is 314 g/mol. The van der Waals surface area contributed by atoms with Gasteiger partial charge in [0.25, 0.3) is 5.69 Å². The summed E-state index contributed by atoms with van der Waals surface area (Å²) in [5.41, 5.74) is 0.754. The minimum atomic E-state index is -0.354. The first-order valence-corrected chi connectivity index (χ1v) is 8.66. The number of carbonyl (C=O) groups is 1. The summed E-state index contributed by atoms with van der Waals surface area (Å²) in [6, 6.07) is 6.77. The van der Waals surface area contributed by atoms with Crippen molar-refractivity contribution in [3.05, 3.63) is 34.4 Å². The molecule has 1 aliphatic rings. The van der Waals surface area contributed by atoms with Crippen LogP contribution in [-0.4, -0.2) is 52.4 Å². The summed E-state index contributed by atoms with van der Waals surface area (Å²) in [5, 5.41) is 11.1. The fourth-order valence-electron chi connectivity index (χ4n) is 2.45. The highest BCUT2D eigenvalue weighted by molar-refractivity contribution is 8.01. The van der Waals surface area contributed by atoms with Gasteiger partial charge in [0.15, 0.2) is 0 Å². The van der Waals surface area contributed by atoms with Gasteiger partial charge in [-0.1, -0.05) is 32.9 Å². The van der Waals surface area contributed by atoms with E-state index in [1.54, 1.807) is 30.0 Å². The second-order valence-electron chi connectivity index (χ2n) is 6.51. The zero-order valence-electron chi connectivity index (χ0n) is 13.8. The van der Waals surface area contributed by atoms with Gasteiger partial charge in [-0.3, -0.25) is 14.9 Å². The highest BCUT2D eigenvalue weighted by Gasteiger charge is 2.26. The maximum atomic E-state index is 12.2. The van der Waals surface area contributed by atoms with Crippen LogP contribution >= 0.6 is 11.8 Å². The largest absolute Gasteiger partial charge is 0.362 e. The third-order valence-electron chi connectivity index (χ3n) is 3.68. The third-order valence-corrected chi connectivity index (χ3v) is 4.94. The summed E-state index contributed by atoms with van der Waals surface area (Å²) in [6.07, 6.45) is 0. The summed E-state index contributed by atoms with van der Waals surface area (Å²) < 4.78 is 0.0716. The topological polar surface area (TPSA) is 66.7 Å². The fraction of sp³-hybridized carbons (Fsp3) is 0.562. The van der Waals surface area contributed by atoms with E-state index in [0.717, 1.165) is 0 Å². The number of anilines is 1. The van der Waals surface area contributed by atoms with Gasteiger partial charge in [-0.25, -0.2) is 0 Å². The number of thioether (sulfide) groups is 1. The fourth-order valence-corrected chi connectivity index (χ4v) is 3.19. The normalized spacial score (nSPS) is 15.6. The molecule has 6 nitrogen and oxygen atoms in total. The molecule has 0 aromatic heterocycles. The van der Waals surface area contributed by atoms with Crippen molar-refractivity contribution in [1.82, 2.24) is 4.90 Å². The number of nitro benzene ring substituents is 1. The molecule has 0 radical (unpaired) electrons. The average molecular weight is 337 g/mol. The van der Waals surface area contributed by atoms with Crippen molar-refractivity contribution in [2.45, 2.75) is 25.5 Å². The van der Waals surface area contributed by atoms with E-state index in [9.17, 15) is 14.9 Å². The Kier molecular flexibility index (Phi) is 5.51. The van der Waals surface area contributed by atoms with Crippen LogP contribution in [0.4, 0.5) is 11.4 Å². The van der Waals surface area contributed by atoms with Crippen LogP contribution in [0.15, 0.2) is 24.3 Å². The molecule has 0 aliphatic carbocycles. The Morgan fingerprint density at radius 2 is 1.83 bits per heavy atom. The zero-order chi connectivity index (χ0) is 17.0. The van der Waals surface area contributed by atoms with E-state index in [0.29, 0.717) is 37.6 Å². The molecule has 0 bridgehead atoms. The van der Waals surface area contributed by atoms with Crippen molar-refractivity contribution in [3.8, 4) is 0 Å². The Morgan fingerprint density at radius 3 is 2.39 bits per heavy atom. The van der Waals surface area contributed by atoms with Crippen LogP contribution in [0.25, 0.3) is 0 Å². The van der Waals surface area contributed by atoms with Crippen LogP contribution in [0.1, 0.15) is 20.8 Å². The molecule has 126 valence electrons. The predicted molar refractivity (Wildman–Crippen MR) is 94.1 cm³/mol. The van der Waals surface area contributed by atoms with Crippen molar-refractivity contribution in [2.75, 3.05) is 36.8 Å². The van der Waals surface area contributed by atoms with Gasteiger partial charge in [0.05, 0.1) is 10.7 Å². The average Bonchev–Trinajstić information content (AvgIpc) is 2.52. The molecule has 1 fully saturated rings. The van der Waals surface area contributed by atoms with Gasteiger partial charge in [0, 0.05) is 37.0 Å². The smallest absolute Gasteiger partial charge is 0.292 e. The molecule has 0 N–H and O–H groups in total. The van der Waals surface area contributed by atoms with Crippen molar-refractivity contribution < 1.29 is 9.72 Å². The van der Waals surface area contributed by atoms with Crippen LogP contribution in [0.5, 0.6) is 0 Å². The van der Waals surface area contributed by atoms with E-state index in [1.807, 2.05) is 9.80 Å². The Bertz CT molecular complexity index is 578. The summed E-state index contributed by atoms with van der Waals surface area (Å²) in [6.45, 7) is 8.74. The number of piperazine rings is 1. The van der Waals surface area contributed by atoms with Crippen LogP contribution < -0.4 is 4.90 Å². The lowest BCUT2D eigenvalue weighted by molar-refractivity contribution is -0.384. The second-order valence-corrected chi connectivity index (χ2v) is 8.32. The number of nitro groups is 1. The summed E-state index contributed by atoms with van der Waals surface area (Å²) in [5.74, 6) is 0.627. The Morgan fingerprint density at radius 1 is 1.22 bits per heavy atom. The van der Waals surface area contributed by atoms with Crippen LogP contribution in [0.3, 0.4) is 0 Å². The minimum absolute atomic E-state index is 0.0716. The number of hydrogen-bond acceptors (Lipinski definition) is 5.